The first-order valence-electron chi connectivity index (χ1n) is 8.47. The standard InChI is InChI=1S/C18H29ClN2O3/c1-6-10-24-17-15(19)11-14(12-16(17)23-5)18(22)20-8-9-21(7-2)13(3)4/h11-13H,6-10H2,1-5H3,(H,20,22). The maximum atomic E-state index is 12.3. The van der Waals surface area contributed by atoms with Gasteiger partial charge in [-0.15, -0.1) is 0 Å². The van der Waals surface area contributed by atoms with Crippen LogP contribution in [0.1, 0.15) is 44.5 Å². The number of hydrogen-bond donors (Lipinski definition) is 1. The van der Waals surface area contributed by atoms with Crippen molar-refractivity contribution in [1.82, 2.24) is 10.2 Å². The van der Waals surface area contributed by atoms with Crippen LogP contribution in [0.15, 0.2) is 12.1 Å². The molecule has 0 aliphatic carbocycles. The average molecular weight is 357 g/mol. The largest absolute Gasteiger partial charge is 0.493 e. The summed E-state index contributed by atoms with van der Waals surface area (Å²) in [5.74, 6) is 0.782. The number of benzene rings is 1. The molecule has 1 aromatic rings. The molecule has 1 aromatic carbocycles. The van der Waals surface area contributed by atoms with Gasteiger partial charge in [0.25, 0.3) is 5.91 Å². The molecule has 0 atom stereocenters. The van der Waals surface area contributed by atoms with Gasteiger partial charge in [0.2, 0.25) is 0 Å². The van der Waals surface area contributed by atoms with Crippen LogP contribution in [0.2, 0.25) is 5.02 Å². The topological polar surface area (TPSA) is 50.8 Å². The van der Waals surface area contributed by atoms with Gasteiger partial charge in [-0.05, 0) is 38.9 Å². The first kappa shape index (κ1) is 20.6. The second-order valence-corrected chi connectivity index (χ2v) is 6.22. The second-order valence-electron chi connectivity index (χ2n) is 5.82. The normalized spacial score (nSPS) is 11.0. The Morgan fingerprint density at radius 2 is 2.04 bits per heavy atom. The van der Waals surface area contributed by atoms with E-state index in [-0.39, 0.29) is 5.91 Å². The van der Waals surface area contributed by atoms with E-state index >= 15 is 0 Å². The fraction of sp³-hybridized carbons (Fsp3) is 0.611. The summed E-state index contributed by atoms with van der Waals surface area (Å²) in [6, 6.07) is 3.73. The molecule has 0 radical (unpaired) electrons. The van der Waals surface area contributed by atoms with Crippen molar-refractivity contribution >= 4 is 17.5 Å². The lowest BCUT2D eigenvalue weighted by molar-refractivity contribution is 0.0945. The van der Waals surface area contributed by atoms with Gasteiger partial charge in [0.05, 0.1) is 18.7 Å². The van der Waals surface area contributed by atoms with Crippen LogP contribution in [0.25, 0.3) is 0 Å². The van der Waals surface area contributed by atoms with E-state index in [9.17, 15) is 4.79 Å². The van der Waals surface area contributed by atoms with Gasteiger partial charge in [0, 0.05) is 24.7 Å². The monoisotopic (exact) mass is 356 g/mol. The molecular weight excluding hydrogens is 328 g/mol. The number of carbonyl (C=O) groups is 1. The lowest BCUT2D eigenvalue weighted by atomic mass is 10.2. The lowest BCUT2D eigenvalue weighted by Crippen LogP contribution is -2.38. The molecule has 0 saturated carbocycles. The summed E-state index contributed by atoms with van der Waals surface area (Å²) in [5, 5.41) is 3.30. The highest BCUT2D eigenvalue weighted by Crippen LogP contribution is 2.36. The van der Waals surface area contributed by atoms with Crippen molar-refractivity contribution in [2.75, 3.05) is 33.4 Å². The molecule has 0 bridgehead atoms. The van der Waals surface area contributed by atoms with Crippen LogP contribution in [0, 0.1) is 0 Å². The van der Waals surface area contributed by atoms with Crippen molar-refractivity contribution in [3.05, 3.63) is 22.7 Å². The molecule has 24 heavy (non-hydrogen) atoms. The van der Waals surface area contributed by atoms with Crippen LogP contribution < -0.4 is 14.8 Å². The SMILES string of the molecule is CCCOc1c(Cl)cc(C(=O)NCCN(CC)C(C)C)cc1OC. The molecule has 0 aliphatic rings. The molecule has 0 saturated heterocycles. The first-order chi connectivity index (χ1) is 11.4. The zero-order valence-electron chi connectivity index (χ0n) is 15.3. The highest BCUT2D eigenvalue weighted by Gasteiger charge is 2.16. The fourth-order valence-corrected chi connectivity index (χ4v) is 2.66. The van der Waals surface area contributed by atoms with Gasteiger partial charge in [-0.3, -0.25) is 9.69 Å². The Balaban J connectivity index is 2.75. The van der Waals surface area contributed by atoms with Gasteiger partial charge < -0.3 is 14.8 Å². The van der Waals surface area contributed by atoms with Crippen LogP contribution in [0.3, 0.4) is 0 Å². The number of halogens is 1. The third-order valence-corrected chi connectivity index (χ3v) is 4.04. The number of amides is 1. The van der Waals surface area contributed by atoms with Crippen molar-refractivity contribution in [3.63, 3.8) is 0 Å². The van der Waals surface area contributed by atoms with E-state index in [1.54, 1.807) is 12.1 Å². The second kappa shape index (κ2) is 10.4. The maximum Gasteiger partial charge on any atom is 0.251 e. The molecule has 0 fully saturated rings. The van der Waals surface area contributed by atoms with E-state index in [0.29, 0.717) is 41.3 Å². The van der Waals surface area contributed by atoms with E-state index in [0.717, 1.165) is 19.5 Å². The van der Waals surface area contributed by atoms with Crippen LogP contribution in [0.5, 0.6) is 11.5 Å². The van der Waals surface area contributed by atoms with Gasteiger partial charge >= 0.3 is 0 Å². The molecule has 1 rings (SSSR count). The Kier molecular flexibility index (Phi) is 8.93. The summed E-state index contributed by atoms with van der Waals surface area (Å²) >= 11 is 6.25. The number of hydrogen-bond acceptors (Lipinski definition) is 4. The number of carbonyl (C=O) groups excluding carboxylic acids is 1. The molecule has 136 valence electrons. The molecule has 1 amide bonds. The third kappa shape index (κ3) is 5.87. The minimum atomic E-state index is -0.169. The molecule has 1 N–H and O–H groups in total. The van der Waals surface area contributed by atoms with Gasteiger partial charge in [-0.2, -0.15) is 0 Å². The van der Waals surface area contributed by atoms with Gasteiger partial charge in [-0.1, -0.05) is 25.4 Å². The van der Waals surface area contributed by atoms with Crippen LogP contribution in [-0.4, -0.2) is 50.2 Å². The van der Waals surface area contributed by atoms with Gasteiger partial charge in [0.1, 0.15) is 0 Å². The highest BCUT2D eigenvalue weighted by molar-refractivity contribution is 6.32. The molecular formula is C18H29ClN2O3. The van der Waals surface area contributed by atoms with Crippen molar-refractivity contribution < 1.29 is 14.3 Å². The number of rotatable bonds is 10. The van der Waals surface area contributed by atoms with Crippen LogP contribution in [-0.2, 0) is 0 Å². The Morgan fingerprint density at radius 1 is 1.33 bits per heavy atom. The van der Waals surface area contributed by atoms with E-state index in [4.69, 9.17) is 21.1 Å². The van der Waals surface area contributed by atoms with Crippen LogP contribution >= 0.6 is 11.6 Å². The average Bonchev–Trinajstić information content (AvgIpc) is 2.56. The number of methoxy groups -OCH3 is 1. The molecule has 0 aromatic heterocycles. The minimum Gasteiger partial charge on any atom is -0.493 e. The number of likely N-dealkylation sites (N-methyl/N-ethyl adjacent to an activating group) is 1. The van der Waals surface area contributed by atoms with Gasteiger partial charge in [0.15, 0.2) is 11.5 Å². The maximum absolute atomic E-state index is 12.3. The fourth-order valence-electron chi connectivity index (χ4n) is 2.39. The van der Waals surface area contributed by atoms with E-state index in [2.05, 4.69) is 31.0 Å². The molecule has 6 heteroatoms. The molecule has 0 aliphatic heterocycles. The molecule has 0 spiro atoms. The van der Waals surface area contributed by atoms with E-state index in [1.807, 2.05) is 6.92 Å². The van der Waals surface area contributed by atoms with Crippen LogP contribution in [0.4, 0.5) is 0 Å². The molecule has 0 heterocycles. The lowest BCUT2D eigenvalue weighted by Gasteiger charge is -2.24. The molecule has 5 nitrogen and oxygen atoms in total. The van der Waals surface area contributed by atoms with Gasteiger partial charge in [-0.25, -0.2) is 0 Å². The summed E-state index contributed by atoms with van der Waals surface area (Å²) in [5.41, 5.74) is 0.466. The summed E-state index contributed by atoms with van der Waals surface area (Å²) < 4.78 is 10.9. The first-order valence-corrected chi connectivity index (χ1v) is 8.84. The van der Waals surface area contributed by atoms with Crippen molar-refractivity contribution in [1.29, 1.82) is 0 Å². The Morgan fingerprint density at radius 3 is 2.58 bits per heavy atom. The summed E-state index contributed by atoms with van der Waals surface area (Å²) in [6.45, 7) is 11.3. The quantitative estimate of drug-likeness (QED) is 0.696. The predicted molar refractivity (Wildman–Crippen MR) is 98.5 cm³/mol. The summed E-state index contributed by atoms with van der Waals surface area (Å²) in [6.07, 6.45) is 0.867. The van der Waals surface area contributed by atoms with Crippen molar-refractivity contribution in [2.45, 2.75) is 40.2 Å². The Labute approximate surface area is 150 Å². The molecule has 0 unspecified atom stereocenters. The summed E-state index contributed by atoms with van der Waals surface area (Å²) in [7, 11) is 1.54. The predicted octanol–water partition coefficient (Wildman–Crippen LogP) is 3.60. The summed E-state index contributed by atoms with van der Waals surface area (Å²) in [4.78, 5) is 14.6. The van der Waals surface area contributed by atoms with E-state index < -0.39 is 0 Å². The van der Waals surface area contributed by atoms with Crippen molar-refractivity contribution in [3.8, 4) is 11.5 Å². The number of nitrogens with one attached hydrogen (secondary N) is 1. The van der Waals surface area contributed by atoms with Crippen molar-refractivity contribution in [2.24, 2.45) is 0 Å². The minimum absolute atomic E-state index is 0.169. The Bertz CT molecular complexity index is 535. The third-order valence-electron chi connectivity index (χ3n) is 3.76. The van der Waals surface area contributed by atoms with E-state index in [1.165, 1.54) is 7.11 Å². The Hall–Kier alpha value is -1.46. The number of nitrogens with zero attached hydrogens (tertiary/aromatic N) is 1. The zero-order valence-corrected chi connectivity index (χ0v) is 16.1. The number of ether oxygens (including phenoxy) is 2. The smallest absolute Gasteiger partial charge is 0.251 e. The zero-order chi connectivity index (χ0) is 18.1. The highest BCUT2D eigenvalue weighted by atomic mass is 35.5.